The van der Waals surface area contributed by atoms with Crippen LogP contribution in [-0.2, 0) is 5.54 Å². The van der Waals surface area contributed by atoms with Crippen molar-refractivity contribution in [1.82, 2.24) is 5.32 Å². The topological polar surface area (TPSA) is 115 Å². The number of nitro groups is 2. The number of benzene rings is 2. The Morgan fingerprint density at radius 2 is 1.52 bits per heavy atom. The molecule has 2 aromatic rings. The molecule has 0 atom stereocenters. The van der Waals surface area contributed by atoms with Crippen molar-refractivity contribution in [3.63, 3.8) is 0 Å². The molecule has 1 aliphatic rings. The summed E-state index contributed by atoms with van der Waals surface area (Å²) in [4.78, 5) is 33.1. The van der Waals surface area contributed by atoms with E-state index in [2.05, 4.69) is 5.32 Å². The maximum absolute atomic E-state index is 12.6. The molecule has 3 rings (SSSR count). The van der Waals surface area contributed by atoms with E-state index in [0.29, 0.717) is 0 Å². The van der Waals surface area contributed by atoms with Gasteiger partial charge in [-0.1, -0.05) is 30.3 Å². The molecule has 1 aliphatic carbocycles. The lowest BCUT2D eigenvalue weighted by atomic mass is 9.71. The lowest BCUT2D eigenvalue weighted by molar-refractivity contribution is -0.394. The van der Waals surface area contributed by atoms with Gasteiger partial charge in [-0.25, -0.2) is 0 Å². The summed E-state index contributed by atoms with van der Waals surface area (Å²) >= 11 is 0. The first-order valence-electron chi connectivity index (χ1n) is 7.73. The van der Waals surface area contributed by atoms with Crippen molar-refractivity contribution in [3.05, 3.63) is 79.9 Å². The number of amides is 1. The molecular formula is C17H15N3O5. The van der Waals surface area contributed by atoms with Crippen LogP contribution in [0.1, 0.15) is 35.2 Å². The standard InChI is InChI=1S/C17H15N3O5/c21-16(12-9-14(19(22)23)11-15(10-12)20(24)25)18-17(7-4-8-17)13-5-2-1-3-6-13/h1-3,5-6,9-11H,4,7-8H2,(H,18,21). The zero-order chi connectivity index (χ0) is 18.0. The highest BCUT2D eigenvalue weighted by Gasteiger charge is 2.40. The van der Waals surface area contributed by atoms with Crippen molar-refractivity contribution < 1.29 is 14.6 Å². The highest BCUT2D eigenvalue weighted by atomic mass is 16.6. The van der Waals surface area contributed by atoms with Gasteiger partial charge in [0.1, 0.15) is 0 Å². The molecule has 8 heteroatoms. The second-order valence-corrected chi connectivity index (χ2v) is 6.01. The summed E-state index contributed by atoms with van der Waals surface area (Å²) in [6, 6.07) is 12.4. The van der Waals surface area contributed by atoms with E-state index in [4.69, 9.17) is 0 Å². The summed E-state index contributed by atoms with van der Waals surface area (Å²) in [6.07, 6.45) is 2.45. The predicted octanol–water partition coefficient (Wildman–Crippen LogP) is 3.31. The van der Waals surface area contributed by atoms with Gasteiger partial charge in [0.15, 0.2) is 0 Å². The van der Waals surface area contributed by atoms with Crippen molar-refractivity contribution in [2.45, 2.75) is 24.8 Å². The van der Waals surface area contributed by atoms with Gasteiger partial charge in [-0.3, -0.25) is 25.0 Å². The van der Waals surface area contributed by atoms with Gasteiger partial charge in [0.25, 0.3) is 17.3 Å². The molecule has 2 aromatic carbocycles. The van der Waals surface area contributed by atoms with Crippen LogP contribution in [0, 0.1) is 20.2 Å². The molecule has 128 valence electrons. The number of non-ortho nitro benzene ring substituents is 2. The van der Waals surface area contributed by atoms with Crippen LogP contribution < -0.4 is 5.32 Å². The third-order valence-electron chi connectivity index (χ3n) is 4.47. The van der Waals surface area contributed by atoms with Crippen LogP contribution in [0.3, 0.4) is 0 Å². The Morgan fingerprint density at radius 3 is 1.96 bits per heavy atom. The fourth-order valence-corrected chi connectivity index (χ4v) is 3.00. The summed E-state index contributed by atoms with van der Waals surface area (Å²) < 4.78 is 0. The van der Waals surface area contributed by atoms with Crippen LogP contribution in [0.15, 0.2) is 48.5 Å². The number of hydrogen-bond acceptors (Lipinski definition) is 5. The van der Waals surface area contributed by atoms with Crippen LogP contribution in [0.25, 0.3) is 0 Å². The first kappa shape index (κ1) is 16.6. The third kappa shape index (κ3) is 3.18. The molecule has 0 bridgehead atoms. The van der Waals surface area contributed by atoms with Gasteiger partial charge < -0.3 is 5.32 Å². The van der Waals surface area contributed by atoms with Gasteiger partial charge in [0.2, 0.25) is 0 Å². The molecular weight excluding hydrogens is 326 g/mol. The Bertz CT molecular complexity index is 814. The fraction of sp³-hybridized carbons (Fsp3) is 0.235. The number of rotatable bonds is 5. The van der Waals surface area contributed by atoms with Crippen LogP contribution in [0.5, 0.6) is 0 Å². The summed E-state index contributed by atoms with van der Waals surface area (Å²) in [7, 11) is 0. The molecule has 0 heterocycles. The maximum atomic E-state index is 12.6. The Labute approximate surface area is 142 Å². The van der Waals surface area contributed by atoms with Gasteiger partial charge in [-0.2, -0.15) is 0 Å². The second kappa shape index (κ2) is 6.31. The van der Waals surface area contributed by atoms with E-state index in [1.807, 2.05) is 30.3 Å². The molecule has 0 radical (unpaired) electrons. The summed E-state index contributed by atoms with van der Waals surface area (Å²) in [5.74, 6) is -0.560. The highest BCUT2D eigenvalue weighted by molar-refractivity contribution is 5.96. The van der Waals surface area contributed by atoms with Gasteiger partial charge in [-0.05, 0) is 24.8 Å². The van der Waals surface area contributed by atoms with Crippen LogP contribution in [-0.4, -0.2) is 15.8 Å². The van der Waals surface area contributed by atoms with Crippen molar-refractivity contribution in [2.75, 3.05) is 0 Å². The van der Waals surface area contributed by atoms with Crippen LogP contribution in [0.4, 0.5) is 11.4 Å². The molecule has 0 spiro atoms. The molecule has 1 amide bonds. The number of carbonyl (C=O) groups is 1. The Hall–Kier alpha value is -3.29. The zero-order valence-corrected chi connectivity index (χ0v) is 13.2. The fourth-order valence-electron chi connectivity index (χ4n) is 3.00. The SMILES string of the molecule is O=C(NC1(c2ccccc2)CCC1)c1cc([N+](=O)[O-])cc([N+](=O)[O-])c1. The van der Waals surface area contributed by atoms with Gasteiger partial charge >= 0.3 is 0 Å². The lowest BCUT2D eigenvalue weighted by Crippen LogP contribution is -2.50. The van der Waals surface area contributed by atoms with Crippen molar-refractivity contribution in [3.8, 4) is 0 Å². The number of nitrogens with one attached hydrogen (secondary N) is 1. The van der Waals surface area contributed by atoms with E-state index in [1.165, 1.54) is 0 Å². The Kier molecular flexibility index (Phi) is 4.18. The van der Waals surface area contributed by atoms with Crippen molar-refractivity contribution >= 4 is 17.3 Å². The smallest absolute Gasteiger partial charge is 0.277 e. The van der Waals surface area contributed by atoms with Crippen LogP contribution >= 0.6 is 0 Å². The number of hydrogen-bond donors (Lipinski definition) is 1. The van der Waals surface area contributed by atoms with E-state index in [9.17, 15) is 25.0 Å². The summed E-state index contributed by atoms with van der Waals surface area (Å²) in [5, 5.41) is 24.9. The molecule has 0 unspecified atom stereocenters. The predicted molar refractivity (Wildman–Crippen MR) is 89.2 cm³/mol. The summed E-state index contributed by atoms with van der Waals surface area (Å²) in [6.45, 7) is 0. The molecule has 0 aliphatic heterocycles. The third-order valence-corrected chi connectivity index (χ3v) is 4.47. The molecule has 8 nitrogen and oxygen atoms in total. The van der Waals surface area contributed by atoms with Gasteiger partial charge in [0, 0.05) is 12.1 Å². The maximum Gasteiger partial charge on any atom is 0.277 e. The average Bonchev–Trinajstić information content (AvgIpc) is 2.58. The molecule has 0 aromatic heterocycles. The second-order valence-electron chi connectivity index (χ2n) is 6.01. The molecule has 1 fully saturated rings. The first-order chi connectivity index (χ1) is 11.9. The van der Waals surface area contributed by atoms with Crippen molar-refractivity contribution in [1.29, 1.82) is 0 Å². The minimum atomic E-state index is -0.750. The van der Waals surface area contributed by atoms with E-state index in [-0.39, 0.29) is 5.56 Å². The minimum absolute atomic E-state index is 0.0943. The monoisotopic (exact) mass is 341 g/mol. The first-order valence-corrected chi connectivity index (χ1v) is 7.73. The number of carbonyl (C=O) groups excluding carboxylic acids is 1. The lowest BCUT2D eigenvalue weighted by Gasteiger charge is -2.43. The van der Waals surface area contributed by atoms with E-state index in [0.717, 1.165) is 43.0 Å². The Balaban J connectivity index is 1.93. The quantitative estimate of drug-likeness (QED) is 0.661. The number of nitrogens with zero attached hydrogens (tertiary/aromatic N) is 2. The van der Waals surface area contributed by atoms with Crippen molar-refractivity contribution in [2.24, 2.45) is 0 Å². The minimum Gasteiger partial charge on any atom is -0.343 e. The number of nitro benzene ring substituents is 2. The molecule has 1 N–H and O–H groups in total. The zero-order valence-electron chi connectivity index (χ0n) is 13.2. The van der Waals surface area contributed by atoms with Gasteiger partial charge in [0.05, 0.1) is 27.0 Å². The van der Waals surface area contributed by atoms with E-state index in [1.54, 1.807) is 0 Å². The Morgan fingerprint density at radius 1 is 0.960 bits per heavy atom. The average molecular weight is 341 g/mol. The largest absolute Gasteiger partial charge is 0.343 e. The summed E-state index contributed by atoms with van der Waals surface area (Å²) in [5.41, 5.74) is -0.640. The van der Waals surface area contributed by atoms with E-state index < -0.39 is 32.7 Å². The molecule has 0 saturated heterocycles. The normalized spacial score (nSPS) is 15.0. The molecule has 1 saturated carbocycles. The molecule has 25 heavy (non-hydrogen) atoms. The van der Waals surface area contributed by atoms with E-state index >= 15 is 0 Å². The highest BCUT2D eigenvalue weighted by Crippen LogP contribution is 2.41. The van der Waals surface area contributed by atoms with Gasteiger partial charge in [-0.15, -0.1) is 0 Å². The van der Waals surface area contributed by atoms with Crippen LogP contribution in [0.2, 0.25) is 0 Å².